The van der Waals surface area contributed by atoms with E-state index in [1.54, 1.807) is 18.2 Å². The molecule has 0 fully saturated rings. The molecule has 0 aliphatic heterocycles. The zero-order chi connectivity index (χ0) is 13.1. The number of non-ortho nitro benzene ring substituents is 1. The number of nitro benzene ring substituents is 1. The van der Waals surface area contributed by atoms with Crippen LogP contribution in [0.3, 0.4) is 0 Å². The molecule has 1 heterocycles. The standard InChI is InChI=1S/C12H8BrNO3S/c13-7-10(15)12-6-5-11(18-12)8-1-3-9(4-2-8)14(16)17/h1-6H,7H2. The van der Waals surface area contributed by atoms with E-state index < -0.39 is 4.92 Å². The van der Waals surface area contributed by atoms with Crippen LogP contribution in [-0.4, -0.2) is 16.0 Å². The lowest BCUT2D eigenvalue weighted by Gasteiger charge is -1.96. The van der Waals surface area contributed by atoms with Gasteiger partial charge in [0.1, 0.15) is 0 Å². The zero-order valence-corrected chi connectivity index (χ0v) is 11.5. The topological polar surface area (TPSA) is 60.2 Å². The van der Waals surface area contributed by atoms with E-state index in [9.17, 15) is 14.9 Å². The highest BCUT2D eigenvalue weighted by molar-refractivity contribution is 9.09. The van der Waals surface area contributed by atoms with Crippen LogP contribution in [0.15, 0.2) is 36.4 Å². The third-order valence-electron chi connectivity index (χ3n) is 2.36. The molecule has 0 spiro atoms. The molecule has 0 N–H and O–H groups in total. The first-order chi connectivity index (χ1) is 8.61. The normalized spacial score (nSPS) is 10.3. The number of thiophene rings is 1. The van der Waals surface area contributed by atoms with Crippen LogP contribution in [0.2, 0.25) is 0 Å². The summed E-state index contributed by atoms with van der Waals surface area (Å²) in [6, 6.07) is 9.91. The molecule has 2 rings (SSSR count). The monoisotopic (exact) mass is 325 g/mol. The van der Waals surface area contributed by atoms with Gasteiger partial charge in [0.25, 0.3) is 5.69 Å². The van der Waals surface area contributed by atoms with Crippen molar-refractivity contribution in [1.29, 1.82) is 0 Å². The minimum absolute atomic E-state index is 0.0353. The molecular formula is C12H8BrNO3S. The van der Waals surface area contributed by atoms with E-state index in [0.717, 1.165) is 10.4 Å². The van der Waals surface area contributed by atoms with E-state index >= 15 is 0 Å². The van der Waals surface area contributed by atoms with Gasteiger partial charge in [-0.05, 0) is 29.8 Å². The number of hydrogen-bond acceptors (Lipinski definition) is 4. The molecule has 1 aromatic carbocycles. The molecule has 0 saturated heterocycles. The van der Waals surface area contributed by atoms with Gasteiger partial charge in [0.05, 0.1) is 15.1 Å². The minimum atomic E-state index is -0.433. The Balaban J connectivity index is 2.29. The number of benzene rings is 1. The Hall–Kier alpha value is -1.53. The van der Waals surface area contributed by atoms with E-state index in [0.29, 0.717) is 10.2 Å². The molecule has 2 aromatic rings. The molecule has 0 saturated carbocycles. The second-order valence-corrected chi connectivity index (χ2v) is 5.17. The van der Waals surface area contributed by atoms with Crippen molar-refractivity contribution in [2.45, 2.75) is 0 Å². The SMILES string of the molecule is O=C(CBr)c1ccc(-c2ccc([N+](=O)[O-])cc2)s1. The maximum Gasteiger partial charge on any atom is 0.269 e. The third-order valence-corrected chi connectivity index (χ3v) is 4.05. The smallest absolute Gasteiger partial charge is 0.269 e. The van der Waals surface area contributed by atoms with Crippen molar-refractivity contribution >= 4 is 38.7 Å². The Morgan fingerprint density at radius 2 is 1.89 bits per heavy atom. The van der Waals surface area contributed by atoms with Crippen molar-refractivity contribution < 1.29 is 9.72 Å². The maximum absolute atomic E-state index is 11.5. The first-order valence-corrected chi connectivity index (χ1v) is 6.99. The fourth-order valence-corrected chi connectivity index (χ4v) is 2.89. The van der Waals surface area contributed by atoms with Crippen molar-refractivity contribution in [1.82, 2.24) is 0 Å². The van der Waals surface area contributed by atoms with Gasteiger partial charge in [-0.2, -0.15) is 0 Å². The van der Waals surface area contributed by atoms with Crippen LogP contribution in [0.1, 0.15) is 9.67 Å². The maximum atomic E-state index is 11.5. The lowest BCUT2D eigenvalue weighted by atomic mass is 10.2. The second kappa shape index (κ2) is 5.41. The summed E-state index contributed by atoms with van der Waals surface area (Å²) in [6.45, 7) is 0. The summed E-state index contributed by atoms with van der Waals surface area (Å²) in [5, 5.41) is 10.8. The van der Waals surface area contributed by atoms with Crippen LogP contribution in [0.25, 0.3) is 10.4 Å². The predicted molar refractivity (Wildman–Crippen MR) is 74.5 cm³/mol. The van der Waals surface area contributed by atoms with Crippen molar-refractivity contribution in [3.05, 3.63) is 51.4 Å². The Labute approximate surface area is 116 Å². The number of carbonyl (C=O) groups excluding carboxylic acids is 1. The van der Waals surface area contributed by atoms with Gasteiger partial charge in [-0.25, -0.2) is 0 Å². The lowest BCUT2D eigenvalue weighted by molar-refractivity contribution is -0.384. The summed E-state index contributed by atoms with van der Waals surface area (Å²) in [7, 11) is 0. The average Bonchev–Trinajstić information content (AvgIpc) is 2.87. The van der Waals surface area contributed by atoms with E-state index in [1.807, 2.05) is 6.07 Å². The predicted octanol–water partition coefficient (Wildman–Crippen LogP) is 3.90. The van der Waals surface area contributed by atoms with Crippen LogP contribution in [-0.2, 0) is 0 Å². The van der Waals surface area contributed by atoms with Crippen molar-refractivity contribution in [2.75, 3.05) is 5.33 Å². The summed E-state index contributed by atoms with van der Waals surface area (Å²) in [4.78, 5) is 23.2. The molecule has 6 heteroatoms. The number of alkyl halides is 1. The summed E-state index contributed by atoms with van der Waals surface area (Å²) in [5.41, 5.74) is 0.936. The van der Waals surface area contributed by atoms with Gasteiger partial charge in [-0.15, -0.1) is 11.3 Å². The third kappa shape index (κ3) is 2.65. The molecule has 0 unspecified atom stereocenters. The lowest BCUT2D eigenvalue weighted by Crippen LogP contribution is -1.94. The molecule has 92 valence electrons. The van der Waals surface area contributed by atoms with Crippen LogP contribution in [0, 0.1) is 10.1 Å². The van der Waals surface area contributed by atoms with E-state index in [4.69, 9.17) is 0 Å². The summed E-state index contributed by atoms with van der Waals surface area (Å²) in [6.07, 6.45) is 0. The van der Waals surface area contributed by atoms with Crippen molar-refractivity contribution in [3.63, 3.8) is 0 Å². The first-order valence-electron chi connectivity index (χ1n) is 5.05. The van der Waals surface area contributed by atoms with Crippen LogP contribution in [0.5, 0.6) is 0 Å². The molecule has 0 aliphatic carbocycles. The molecule has 4 nitrogen and oxygen atoms in total. The average molecular weight is 326 g/mol. The molecule has 1 aromatic heterocycles. The number of rotatable bonds is 4. The molecule has 0 atom stereocenters. The number of nitrogens with zero attached hydrogens (tertiary/aromatic N) is 1. The Morgan fingerprint density at radius 1 is 1.22 bits per heavy atom. The van der Waals surface area contributed by atoms with Crippen LogP contribution in [0.4, 0.5) is 5.69 Å². The fourth-order valence-electron chi connectivity index (χ4n) is 1.46. The van der Waals surface area contributed by atoms with Crippen molar-refractivity contribution in [3.8, 4) is 10.4 Å². The molecular weight excluding hydrogens is 318 g/mol. The summed E-state index contributed by atoms with van der Waals surface area (Å²) < 4.78 is 0. The molecule has 0 amide bonds. The number of Topliss-reactive ketones (excluding diaryl/α,β-unsaturated/α-hetero) is 1. The van der Waals surface area contributed by atoms with Gasteiger partial charge in [-0.1, -0.05) is 15.9 Å². The number of nitro groups is 1. The molecule has 0 bridgehead atoms. The number of carbonyl (C=O) groups is 1. The van der Waals surface area contributed by atoms with Gasteiger partial charge < -0.3 is 0 Å². The number of hydrogen-bond donors (Lipinski definition) is 0. The van der Waals surface area contributed by atoms with Gasteiger partial charge in [0, 0.05) is 17.0 Å². The summed E-state index contributed by atoms with van der Waals surface area (Å²) in [5.74, 6) is 0.0353. The second-order valence-electron chi connectivity index (χ2n) is 3.52. The van der Waals surface area contributed by atoms with Gasteiger partial charge in [0.2, 0.25) is 0 Å². The van der Waals surface area contributed by atoms with Crippen molar-refractivity contribution in [2.24, 2.45) is 0 Å². The van der Waals surface area contributed by atoms with Crippen LogP contribution < -0.4 is 0 Å². The van der Waals surface area contributed by atoms with Gasteiger partial charge in [-0.3, -0.25) is 14.9 Å². The molecule has 0 aliphatic rings. The summed E-state index contributed by atoms with van der Waals surface area (Å²) >= 11 is 4.51. The van der Waals surface area contributed by atoms with Gasteiger partial charge >= 0.3 is 0 Å². The highest BCUT2D eigenvalue weighted by atomic mass is 79.9. The Bertz CT molecular complexity index is 592. The quantitative estimate of drug-likeness (QED) is 0.370. The highest BCUT2D eigenvalue weighted by Crippen LogP contribution is 2.29. The fraction of sp³-hybridized carbons (Fsp3) is 0.0833. The highest BCUT2D eigenvalue weighted by Gasteiger charge is 2.10. The minimum Gasteiger partial charge on any atom is -0.292 e. The number of ketones is 1. The number of halogens is 1. The Kier molecular flexibility index (Phi) is 3.88. The first kappa shape index (κ1) is 12.9. The van der Waals surface area contributed by atoms with Crippen LogP contribution >= 0.6 is 27.3 Å². The van der Waals surface area contributed by atoms with E-state index in [-0.39, 0.29) is 11.5 Å². The van der Waals surface area contributed by atoms with E-state index in [1.165, 1.54) is 23.5 Å². The largest absolute Gasteiger partial charge is 0.292 e. The molecule has 18 heavy (non-hydrogen) atoms. The molecule has 0 radical (unpaired) electrons. The van der Waals surface area contributed by atoms with Gasteiger partial charge in [0.15, 0.2) is 5.78 Å². The van der Waals surface area contributed by atoms with E-state index in [2.05, 4.69) is 15.9 Å². The zero-order valence-electron chi connectivity index (χ0n) is 9.13. The Morgan fingerprint density at radius 3 is 2.44 bits per heavy atom.